The minimum absolute atomic E-state index is 0.462. The molecule has 0 bridgehead atoms. The van der Waals surface area contributed by atoms with Gasteiger partial charge in [-0.05, 0) is 12.8 Å². The Morgan fingerprint density at radius 2 is 2.00 bits per heavy atom. The molecule has 5 heteroatoms. The van der Waals surface area contributed by atoms with Crippen LogP contribution < -0.4 is 15.0 Å². The number of hydrogen-bond donors (Lipinski definition) is 1. The monoisotopic (exact) mass is 238 g/mol. The minimum Gasteiger partial charge on any atom is -0.490 e. The Labute approximate surface area is 103 Å². The van der Waals surface area contributed by atoms with Gasteiger partial charge >= 0.3 is 0 Å². The summed E-state index contributed by atoms with van der Waals surface area (Å²) < 4.78 is 5.40. The molecule has 1 heterocycles. The van der Waals surface area contributed by atoms with Crippen LogP contribution in [0.1, 0.15) is 26.7 Å². The van der Waals surface area contributed by atoms with Crippen molar-refractivity contribution < 1.29 is 4.74 Å². The first-order chi connectivity index (χ1) is 8.19. The van der Waals surface area contributed by atoms with Crippen molar-refractivity contribution in [2.75, 3.05) is 31.4 Å². The SMILES string of the molecule is CCC(CC)N(C)c1ncnc(NC)c1OC. The molecule has 0 saturated heterocycles. The van der Waals surface area contributed by atoms with Gasteiger partial charge in [0.15, 0.2) is 11.6 Å². The molecule has 0 amide bonds. The van der Waals surface area contributed by atoms with Crippen molar-refractivity contribution in [1.82, 2.24) is 9.97 Å². The molecule has 0 saturated carbocycles. The van der Waals surface area contributed by atoms with Crippen LogP contribution in [0.3, 0.4) is 0 Å². The minimum atomic E-state index is 0.462. The van der Waals surface area contributed by atoms with Crippen LogP contribution in [0.5, 0.6) is 5.75 Å². The summed E-state index contributed by atoms with van der Waals surface area (Å²) in [6.45, 7) is 4.36. The van der Waals surface area contributed by atoms with E-state index in [1.807, 2.05) is 14.1 Å². The molecule has 1 aromatic heterocycles. The van der Waals surface area contributed by atoms with Crippen LogP contribution in [0, 0.1) is 0 Å². The zero-order valence-corrected chi connectivity index (χ0v) is 11.3. The van der Waals surface area contributed by atoms with Crippen LogP contribution >= 0.6 is 0 Å². The van der Waals surface area contributed by atoms with E-state index in [1.165, 1.54) is 0 Å². The molecule has 0 aromatic carbocycles. The number of aromatic nitrogens is 2. The first kappa shape index (κ1) is 13.5. The Bertz CT molecular complexity index is 352. The number of nitrogens with one attached hydrogen (secondary N) is 1. The first-order valence-electron chi connectivity index (χ1n) is 5.99. The summed E-state index contributed by atoms with van der Waals surface area (Å²) in [6.07, 6.45) is 3.71. The smallest absolute Gasteiger partial charge is 0.204 e. The van der Waals surface area contributed by atoms with Gasteiger partial charge in [0.25, 0.3) is 0 Å². The maximum Gasteiger partial charge on any atom is 0.204 e. The molecule has 0 fully saturated rings. The molecule has 96 valence electrons. The summed E-state index contributed by atoms with van der Waals surface area (Å²) in [5.74, 6) is 2.25. The van der Waals surface area contributed by atoms with Crippen molar-refractivity contribution in [2.45, 2.75) is 32.7 Å². The third-order valence-corrected chi connectivity index (χ3v) is 3.05. The van der Waals surface area contributed by atoms with E-state index >= 15 is 0 Å². The lowest BCUT2D eigenvalue weighted by Crippen LogP contribution is -2.31. The number of hydrogen-bond acceptors (Lipinski definition) is 5. The molecule has 0 atom stereocenters. The van der Waals surface area contributed by atoms with Gasteiger partial charge in [0, 0.05) is 20.1 Å². The van der Waals surface area contributed by atoms with Crippen LogP contribution in [0.2, 0.25) is 0 Å². The van der Waals surface area contributed by atoms with Gasteiger partial charge in [-0.3, -0.25) is 0 Å². The number of methoxy groups -OCH3 is 1. The lowest BCUT2D eigenvalue weighted by Gasteiger charge is -2.28. The van der Waals surface area contributed by atoms with Gasteiger partial charge in [-0.25, -0.2) is 9.97 Å². The highest BCUT2D eigenvalue weighted by Crippen LogP contribution is 2.32. The summed E-state index contributed by atoms with van der Waals surface area (Å²) in [5, 5.41) is 3.01. The van der Waals surface area contributed by atoms with Gasteiger partial charge in [-0.1, -0.05) is 13.8 Å². The van der Waals surface area contributed by atoms with E-state index in [0.717, 1.165) is 24.5 Å². The summed E-state index contributed by atoms with van der Waals surface area (Å²) in [6, 6.07) is 0.462. The van der Waals surface area contributed by atoms with E-state index in [-0.39, 0.29) is 0 Å². The second-order valence-corrected chi connectivity index (χ2v) is 3.91. The second kappa shape index (κ2) is 6.27. The molecular formula is C12H22N4O. The topological polar surface area (TPSA) is 50.3 Å². The molecule has 0 aliphatic rings. The Morgan fingerprint density at radius 3 is 2.47 bits per heavy atom. The second-order valence-electron chi connectivity index (χ2n) is 3.91. The summed E-state index contributed by atoms with van der Waals surface area (Å²) in [5.41, 5.74) is 0. The van der Waals surface area contributed by atoms with E-state index in [4.69, 9.17) is 4.74 Å². The third kappa shape index (κ3) is 2.78. The van der Waals surface area contributed by atoms with E-state index in [2.05, 4.69) is 34.0 Å². The standard InChI is InChI=1S/C12H22N4O/c1-6-9(7-2)16(4)12-10(17-5)11(13-3)14-8-15-12/h8-9H,6-7H2,1-5H3,(H,13,14,15). The van der Waals surface area contributed by atoms with Crippen LogP contribution in [0.25, 0.3) is 0 Å². The predicted molar refractivity (Wildman–Crippen MR) is 70.9 cm³/mol. The fraction of sp³-hybridized carbons (Fsp3) is 0.667. The van der Waals surface area contributed by atoms with Crippen molar-refractivity contribution in [3.05, 3.63) is 6.33 Å². The van der Waals surface area contributed by atoms with Crippen molar-refractivity contribution in [1.29, 1.82) is 0 Å². The molecule has 0 aliphatic heterocycles. The van der Waals surface area contributed by atoms with E-state index < -0.39 is 0 Å². The van der Waals surface area contributed by atoms with E-state index in [9.17, 15) is 0 Å². The lowest BCUT2D eigenvalue weighted by atomic mass is 10.1. The van der Waals surface area contributed by atoms with Gasteiger partial charge in [-0.15, -0.1) is 0 Å². The molecular weight excluding hydrogens is 216 g/mol. The highest BCUT2D eigenvalue weighted by Gasteiger charge is 2.19. The maximum absolute atomic E-state index is 5.40. The quantitative estimate of drug-likeness (QED) is 0.823. The molecule has 1 aromatic rings. The van der Waals surface area contributed by atoms with Gasteiger partial charge in [-0.2, -0.15) is 0 Å². The Balaban J connectivity index is 3.11. The zero-order valence-electron chi connectivity index (χ0n) is 11.3. The first-order valence-corrected chi connectivity index (χ1v) is 5.99. The van der Waals surface area contributed by atoms with Crippen molar-refractivity contribution >= 4 is 11.6 Å². The van der Waals surface area contributed by atoms with E-state index in [1.54, 1.807) is 13.4 Å². The molecule has 0 spiro atoms. The molecule has 1 N–H and O–H groups in total. The Morgan fingerprint density at radius 1 is 1.35 bits per heavy atom. The predicted octanol–water partition coefficient (Wildman–Crippen LogP) is 2.15. The summed E-state index contributed by atoms with van der Waals surface area (Å²) in [4.78, 5) is 10.6. The number of rotatable bonds is 6. The molecule has 0 aliphatic carbocycles. The maximum atomic E-state index is 5.40. The average Bonchev–Trinajstić information content (AvgIpc) is 2.38. The molecule has 0 unspecified atom stereocenters. The summed E-state index contributed by atoms with van der Waals surface area (Å²) in [7, 11) is 5.51. The largest absolute Gasteiger partial charge is 0.490 e. The van der Waals surface area contributed by atoms with Crippen LogP contribution in [0.4, 0.5) is 11.6 Å². The van der Waals surface area contributed by atoms with Crippen molar-refractivity contribution in [2.24, 2.45) is 0 Å². The van der Waals surface area contributed by atoms with Gasteiger partial charge in [0.1, 0.15) is 6.33 Å². The summed E-state index contributed by atoms with van der Waals surface area (Å²) >= 11 is 0. The highest BCUT2D eigenvalue weighted by molar-refractivity contribution is 5.64. The third-order valence-electron chi connectivity index (χ3n) is 3.05. The van der Waals surface area contributed by atoms with Gasteiger partial charge < -0.3 is 15.0 Å². The molecule has 1 rings (SSSR count). The van der Waals surface area contributed by atoms with Crippen LogP contribution in [-0.2, 0) is 0 Å². The number of anilines is 2. The molecule has 0 radical (unpaired) electrons. The molecule has 5 nitrogen and oxygen atoms in total. The Hall–Kier alpha value is -1.52. The zero-order chi connectivity index (χ0) is 12.8. The van der Waals surface area contributed by atoms with Crippen molar-refractivity contribution in [3.8, 4) is 5.75 Å². The fourth-order valence-corrected chi connectivity index (χ4v) is 1.99. The Kier molecular flexibility index (Phi) is 5.00. The normalized spacial score (nSPS) is 10.5. The van der Waals surface area contributed by atoms with Gasteiger partial charge in [0.2, 0.25) is 5.75 Å². The highest BCUT2D eigenvalue weighted by atomic mass is 16.5. The number of ether oxygens (including phenoxy) is 1. The van der Waals surface area contributed by atoms with Crippen molar-refractivity contribution in [3.63, 3.8) is 0 Å². The fourth-order valence-electron chi connectivity index (χ4n) is 1.99. The van der Waals surface area contributed by atoms with Gasteiger partial charge in [0.05, 0.1) is 7.11 Å². The van der Waals surface area contributed by atoms with Crippen LogP contribution in [-0.4, -0.2) is 37.2 Å². The lowest BCUT2D eigenvalue weighted by molar-refractivity contribution is 0.410. The average molecular weight is 238 g/mol. The molecule has 17 heavy (non-hydrogen) atoms. The number of nitrogens with zero attached hydrogens (tertiary/aromatic N) is 3. The van der Waals surface area contributed by atoms with Crippen LogP contribution in [0.15, 0.2) is 6.33 Å². The van der Waals surface area contributed by atoms with E-state index in [0.29, 0.717) is 11.8 Å².